The monoisotopic (exact) mass is 323 g/mol. The quantitative estimate of drug-likeness (QED) is 0.859. The third-order valence-electron chi connectivity index (χ3n) is 4.42. The zero-order valence-corrected chi connectivity index (χ0v) is 14.5. The number of rotatable bonds is 1. The van der Waals surface area contributed by atoms with Crippen LogP contribution in [0.25, 0.3) is 0 Å². The molecule has 2 fully saturated rings. The van der Waals surface area contributed by atoms with E-state index in [2.05, 4.69) is 31.1 Å². The molecule has 22 heavy (non-hydrogen) atoms. The van der Waals surface area contributed by atoms with E-state index in [9.17, 15) is 4.79 Å². The van der Waals surface area contributed by atoms with Crippen molar-refractivity contribution < 1.29 is 9.53 Å². The van der Waals surface area contributed by atoms with Gasteiger partial charge in [-0.1, -0.05) is 20.8 Å². The summed E-state index contributed by atoms with van der Waals surface area (Å²) in [6, 6.07) is 0. The fourth-order valence-electron chi connectivity index (χ4n) is 3.08. The number of amides is 1. The number of piperidine rings is 1. The molecule has 0 saturated carbocycles. The van der Waals surface area contributed by atoms with E-state index in [4.69, 9.17) is 4.74 Å². The predicted molar refractivity (Wildman–Crippen MR) is 87.5 cm³/mol. The second-order valence-corrected chi connectivity index (χ2v) is 8.15. The summed E-state index contributed by atoms with van der Waals surface area (Å²) in [4.78, 5) is 19.3. The molecule has 6 heteroatoms. The van der Waals surface area contributed by atoms with E-state index in [1.165, 1.54) is 0 Å². The van der Waals surface area contributed by atoms with Crippen LogP contribution in [-0.4, -0.2) is 54.2 Å². The second-order valence-electron chi connectivity index (χ2n) is 7.30. The number of nitrogens with one attached hydrogen (secondary N) is 1. The van der Waals surface area contributed by atoms with Gasteiger partial charge in [-0.05, 0) is 25.9 Å². The molecule has 0 aromatic carbocycles. The number of carbonyl (C=O) groups excluding carboxylic acids is 1. The molecule has 122 valence electrons. The van der Waals surface area contributed by atoms with Crippen LogP contribution in [0.3, 0.4) is 0 Å². The Morgan fingerprint density at radius 1 is 1.41 bits per heavy atom. The third kappa shape index (κ3) is 3.19. The fourth-order valence-corrected chi connectivity index (χ4v) is 3.96. The molecular weight excluding hydrogens is 298 g/mol. The zero-order chi connectivity index (χ0) is 15.8. The minimum atomic E-state index is -0.151. The normalized spacial score (nSPS) is 22.0. The smallest absolute Gasteiger partial charge is 0.273 e. The van der Waals surface area contributed by atoms with E-state index in [1.54, 1.807) is 11.3 Å². The lowest BCUT2D eigenvalue weighted by molar-refractivity contribution is -0.114. The number of nitrogens with zero attached hydrogens (tertiary/aromatic N) is 2. The maximum absolute atomic E-state index is 12.8. The summed E-state index contributed by atoms with van der Waals surface area (Å²) in [5.74, 6) is 0.0490. The highest BCUT2D eigenvalue weighted by Crippen LogP contribution is 2.29. The van der Waals surface area contributed by atoms with Gasteiger partial charge in [-0.15, -0.1) is 11.3 Å². The van der Waals surface area contributed by atoms with Crippen LogP contribution in [0.15, 0.2) is 5.38 Å². The molecule has 1 spiro atoms. The Labute approximate surface area is 136 Å². The second kappa shape index (κ2) is 5.91. The first-order chi connectivity index (χ1) is 10.4. The zero-order valence-electron chi connectivity index (χ0n) is 13.6. The van der Waals surface area contributed by atoms with E-state index < -0.39 is 0 Å². The molecule has 1 N–H and O–H groups in total. The summed E-state index contributed by atoms with van der Waals surface area (Å²) in [7, 11) is 0. The largest absolute Gasteiger partial charge is 0.371 e. The number of ether oxygens (including phenoxy) is 1. The maximum Gasteiger partial charge on any atom is 0.273 e. The molecule has 1 aromatic heterocycles. The lowest BCUT2D eigenvalue weighted by Gasteiger charge is -2.44. The molecule has 2 saturated heterocycles. The van der Waals surface area contributed by atoms with Crippen LogP contribution >= 0.6 is 11.3 Å². The molecule has 0 unspecified atom stereocenters. The molecule has 0 bridgehead atoms. The van der Waals surface area contributed by atoms with Gasteiger partial charge >= 0.3 is 0 Å². The average Bonchev–Trinajstić information content (AvgIpc) is 2.97. The molecule has 5 nitrogen and oxygen atoms in total. The van der Waals surface area contributed by atoms with Crippen molar-refractivity contribution in [2.45, 2.75) is 44.6 Å². The molecule has 0 radical (unpaired) electrons. The van der Waals surface area contributed by atoms with E-state index in [1.807, 2.05) is 10.3 Å². The van der Waals surface area contributed by atoms with Gasteiger partial charge in [0, 0.05) is 17.3 Å². The Balaban J connectivity index is 1.73. The number of hydrogen-bond acceptors (Lipinski definition) is 5. The third-order valence-corrected chi connectivity index (χ3v) is 5.68. The van der Waals surface area contributed by atoms with Gasteiger partial charge in [-0.2, -0.15) is 0 Å². The van der Waals surface area contributed by atoms with Crippen molar-refractivity contribution >= 4 is 17.2 Å². The Hall–Kier alpha value is -0.980. The number of carbonyl (C=O) groups is 1. The van der Waals surface area contributed by atoms with Crippen LogP contribution < -0.4 is 5.32 Å². The summed E-state index contributed by atoms with van der Waals surface area (Å²) < 4.78 is 6.03. The van der Waals surface area contributed by atoms with E-state index >= 15 is 0 Å². The summed E-state index contributed by atoms with van der Waals surface area (Å²) in [5, 5.41) is 6.27. The van der Waals surface area contributed by atoms with Crippen LogP contribution in [0, 0.1) is 0 Å². The Morgan fingerprint density at radius 2 is 2.14 bits per heavy atom. The van der Waals surface area contributed by atoms with Crippen LogP contribution in [0.1, 0.15) is 49.1 Å². The Bertz CT molecular complexity index is 538. The summed E-state index contributed by atoms with van der Waals surface area (Å²) in [6.45, 7) is 10.3. The lowest BCUT2D eigenvalue weighted by Crippen LogP contribution is -2.57. The Morgan fingerprint density at radius 3 is 2.77 bits per heavy atom. The van der Waals surface area contributed by atoms with Crippen LogP contribution in [0.5, 0.6) is 0 Å². The summed E-state index contributed by atoms with van der Waals surface area (Å²) in [5.41, 5.74) is 0.424. The van der Waals surface area contributed by atoms with Crippen molar-refractivity contribution in [2.75, 3.05) is 32.8 Å². The van der Waals surface area contributed by atoms with Crippen LogP contribution in [0.4, 0.5) is 0 Å². The van der Waals surface area contributed by atoms with Crippen molar-refractivity contribution in [3.8, 4) is 0 Å². The van der Waals surface area contributed by atoms with Gasteiger partial charge in [0.2, 0.25) is 0 Å². The lowest BCUT2D eigenvalue weighted by atomic mass is 9.90. The van der Waals surface area contributed by atoms with E-state index in [-0.39, 0.29) is 16.9 Å². The minimum Gasteiger partial charge on any atom is -0.371 e. The SMILES string of the molecule is CC(C)(C)c1nc(C(=O)N2CCOC3(CCNCC3)C2)cs1. The van der Waals surface area contributed by atoms with Crippen molar-refractivity contribution in [3.63, 3.8) is 0 Å². The highest BCUT2D eigenvalue weighted by Gasteiger charge is 2.39. The fraction of sp³-hybridized carbons (Fsp3) is 0.750. The predicted octanol–water partition coefficient (Wildman–Crippen LogP) is 2.04. The molecule has 0 atom stereocenters. The summed E-state index contributed by atoms with van der Waals surface area (Å²) in [6.07, 6.45) is 1.95. The van der Waals surface area contributed by atoms with E-state index in [0.29, 0.717) is 25.4 Å². The van der Waals surface area contributed by atoms with Gasteiger partial charge < -0.3 is 15.0 Å². The average molecular weight is 323 g/mol. The van der Waals surface area contributed by atoms with Gasteiger partial charge in [-0.3, -0.25) is 4.79 Å². The first-order valence-electron chi connectivity index (χ1n) is 8.00. The van der Waals surface area contributed by atoms with Crippen molar-refractivity contribution in [1.29, 1.82) is 0 Å². The molecular formula is C16H25N3O2S. The first-order valence-corrected chi connectivity index (χ1v) is 8.88. The number of thiazole rings is 1. The highest BCUT2D eigenvalue weighted by molar-refractivity contribution is 7.10. The standard InChI is InChI=1S/C16H25N3O2S/c1-15(2,3)14-18-12(10-22-14)13(20)19-8-9-21-16(11-19)4-6-17-7-5-16/h10,17H,4-9,11H2,1-3H3. The highest BCUT2D eigenvalue weighted by atomic mass is 32.1. The van der Waals surface area contributed by atoms with Gasteiger partial charge in [0.05, 0.1) is 23.8 Å². The van der Waals surface area contributed by atoms with Gasteiger partial charge in [0.15, 0.2) is 0 Å². The molecule has 3 heterocycles. The molecule has 2 aliphatic heterocycles. The van der Waals surface area contributed by atoms with Crippen molar-refractivity contribution in [3.05, 3.63) is 16.1 Å². The molecule has 3 rings (SSSR count). The maximum atomic E-state index is 12.8. The first kappa shape index (κ1) is 15.9. The van der Waals surface area contributed by atoms with Gasteiger partial charge in [0.25, 0.3) is 5.91 Å². The number of aromatic nitrogens is 1. The van der Waals surface area contributed by atoms with Gasteiger partial charge in [-0.25, -0.2) is 4.98 Å². The minimum absolute atomic E-state index is 0.00946. The number of hydrogen-bond donors (Lipinski definition) is 1. The van der Waals surface area contributed by atoms with E-state index in [0.717, 1.165) is 30.9 Å². The molecule has 0 aliphatic carbocycles. The molecule has 1 aromatic rings. The van der Waals surface area contributed by atoms with Crippen LogP contribution in [-0.2, 0) is 10.2 Å². The van der Waals surface area contributed by atoms with Crippen molar-refractivity contribution in [1.82, 2.24) is 15.2 Å². The van der Waals surface area contributed by atoms with Gasteiger partial charge in [0.1, 0.15) is 5.69 Å². The number of morpholine rings is 1. The Kier molecular flexibility index (Phi) is 4.27. The molecule has 2 aliphatic rings. The van der Waals surface area contributed by atoms with Crippen molar-refractivity contribution in [2.24, 2.45) is 0 Å². The summed E-state index contributed by atoms with van der Waals surface area (Å²) >= 11 is 1.58. The molecule has 1 amide bonds. The topological polar surface area (TPSA) is 54.5 Å². The van der Waals surface area contributed by atoms with Crippen LogP contribution in [0.2, 0.25) is 0 Å².